The van der Waals surface area contributed by atoms with E-state index in [1.54, 1.807) is 5.82 Å². The molecule has 0 unspecified atom stereocenters. The van der Waals surface area contributed by atoms with Crippen LogP contribution in [0.1, 0.15) is 316 Å². The fourth-order valence-electron chi connectivity index (χ4n) is 9.15. The van der Waals surface area contributed by atoms with Crippen LogP contribution in [0.5, 0.6) is 0 Å². The van der Waals surface area contributed by atoms with E-state index in [0.717, 1.165) is 0 Å². The summed E-state index contributed by atoms with van der Waals surface area (Å²) >= 11 is 0. The molecule has 1 aromatic heterocycles. The lowest BCUT2D eigenvalue weighted by Gasteiger charge is -2.07. The van der Waals surface area contributed by atoms with Crippen molar-refractivity contribution in [2.75, 3.05) is 0 Å². The molecule has 2 nitrogen and oxygen atoms in total. The minimum atomic E-state index is 1.23. The fraction of sp³-hybridized carbons (Fsp3) is 0.944. The predicted octanol–water partition coefficient (Wildman–Crippen LogP) is 18.9. The highest BCUT2D eigenvalue weighted by Gasteiger charge is 2.16. The molecule has 0 aliphatic heterocycles. The van der Waals surface area contributed by atoms with Gasteiger partial charge in [0.1, 0.15) is 12.4 Å². The Morgan fingerprint density at radius 3 is 0.857 bits per heavy atom. The zero-order valence-corrected chi connectivity index (χ0v) is 39.5. The van der Waals surface area contributed by atoms with E-state index in [1.165, 1.54) is 308 Å². The highest BCUT2D eigenvalue weighted by Crippen LogP contribution is 2.17. The maximum Gasteiger partial charge on any atom is 0.256 e. The Bertz CT molecular complexity index is 857. The third kappa shape index (κ3) is 36.3. The molecule has 332 valence electrons. The van der Waals surface area contributed by atoms with Crippen LogP contribution in [0.2, 0.25) is 0 Å². The van der Waals surface area contributed by atoms with Gasteiger partial charge in [-0.05, 0) is 32.1 Å². The van der Waals surface area contributed by atoms with Gasteiger partial charge in [0.2, 0.25) is 0 Å². The van der Waals surface area contributed by atoms with Gasteiger partial charge in [0.05, 0.1) is 13.1 Å². The van der Waals surface area contributed by atoms with E-state index in [-0.39, 0.29) is 0 Å². The summed E-state index contributed by atoms with van der Waals surface area (Å²) in [5.41, 5.74) is 0. The van der Waals surface area contributed by atoms with Crippen LogP contribution in [0.4, 0.5) is 0 Å². The Labute approximate surface area is 355 Å². The van der Waals surface area contributed by atoms with E-state index in [9.17, 15) is 0 Å². The van der Waals surface area contributed by atoms with Crippen molar-refractivity contribution in [3.8, 4) is 0 Å². The summed E-state index contributed by atoms with van der Waals surface area (Å²) in [5.74, 6) is 1.63. The quantitative estimate of drug-likeness (QED) is 0.0460. The number of aryl methyl sites for hydroxylation is 2. The summed E-state index contributed by atoms with van der Waals surface area (Å²) in [4.78, 5) is 0. The van der Waals surface area contributed by atoms with E-state index in [4.69, 9.17) is 0 Å². The van der Waals surface area contributed by atoms with Gasteiger partial charge in [-0.25, -0.2) is 9.13 Å². The lowest BCUT2D eigenvalue weighted by molar-refractivity contribution is -0.704. The van der Waals surface area contributed by atoms with Gasteiger partial charge in [0, 0.05) is 6.42 Å². The molecule has 0 fully saturated rings. The summed E-state index contributed by atoms with van der Waals surface area (Å²) in [6.07, 6.45) is 71.3. The first-order valence-corrected chi connectivity index (χ1v) is 26.9. The second kappa shape index (κ2) is 45.3. The van der Waals surface area contributed by atoms with Gasteiger partial charge in [0.15, 0.2) is 0 Å². The van der Waals surface area contributed by atoms with E-state index in [0.29, 0.717) is 0 Å². The lowest BCUT2D eigenvalue weighted by atomic mass is 10.0. The second-order valence-corrected chi connectivity index (χ2v) is 18.7. The van der Waals surface area contributed by atoms with Crippen LogP contribution >= 0.6 is 0 Å². The van der Waals surface area contributed by atoms with Crippen LogP contribution in [0, 0.1) is 0 Å². The molecule has 0 amide bonds. The van der Waals surface area contributed by atoms with Crippen LogP contribution in [-0.2, 0) is 19.5 Å². The summed E-state index contributed by atoms with van der Waals surface area (Å²) in [6.45, 7) is 9.42. The van der Waals surface area contributed by atoms with Gasteiger partial charge < -0.3 is 0 Å². The molecule has 0 spiro atoms. The van der Waals surface area contributed by atoms with Crippen LogP contribution in [0.15, 0.2) is 12.4 Å². The number of nitrogens with zero attached hydrogens (tertiary/aromatic N) is 2. The molecule has 1 heterocycles. The van der Waals surface area contributed by atoms with Crippen molar-refractivity contribution in [1.82, 2.24) is 4.57 Å². The maximum absolute atomic E-state index is 2.66. The number of rotatable bonds is 48. The van der Waals surface area contributed by atoms with Crippen LogP contribution in [0.3, 0.4) is 0 Å². The third-order valence-corrected chi connectivity index (χ3v) is 13.1. The number of aromatic nitrogens is 2. The molecule has 0 saturated carbocycles. The summed E-state index contributed by atoms with van der Waals surface area (Å²) in [6, 6.07) is 0. The first kappa shape index (κ1) is 53.2. The molecule has 1 rings (SSSR count). The molecule has 0 radical (unpaired) electrons. The summed E-state index contributed by atoms with van der Waals surface area (Å²) in [5, 5.41) is 0. The molecular formula is C54H107N2+. The lowest BCUT2D eigenvalue weighted by Crippen LogP contribution is -2.37. The van der Waals surface area contributed by atoms with Gasteiger partial charge >= 0.3 is 0 Å². The Morgan fingerprint density at radius 2 is 0.554 bits per heavy atom. The number of hydrogen-bond acceptors (Lipinski definition) is 0. The molecule has 1 aromatic rings. The maximum atomic E-state index is 2.66. The van der Waals surface area contributed by atoms with Crippen molar-refractivity contribution in [2.45, 2.75) is 329 Å². The van der Waals surface area contributed by atoms with Crippen molar-refractivity contribution < 1.29 is 4.57 Å². The van der Waals surface area contributed by atoms with Crippen LogP contribution in [0.25, 0.3) is 0 Å². The first-order chi connectivity index (χ1) is 27.8. The molecule has 0 bridgehead atoms. The van der Waals surface area contributed by atoms with E-state index < -0.39 is 0 Å². The Kier molecular flexibility index (Phi) is 43.1. The molecule has 56 heavy (non-hydrogen) atoms. The average Bonchev–Trinajstić information content (AvgIpc) is 3.59. The average molecular weight is 784 g/mol. The molecule has 0 aliphatic rings. The third-order valence-electron chi connectivity index (χ3n) is 13.1. The Balaban J connectivity index is 2.24. The minimum Gasteiger partial charge on any atom is -0.234 e. The van der Waals surface area contributed by atoms with Crippen molar-refractivity contribution >= 4 is 0 Å². The van der Waals surface area contributed by atoms with Crippen LogP contribution in [-0.4, -0.2) is 4.57 Å². The van der Waals surface area contributed by atoms with Gasteiger partial charge in [-0.1, -0.05) is 278 Å². The predicted molar refractivity (Wildman–Crippen MR) is 253 cm³/mol. The standard InChI is InChI=1S/C54H107N2/c1-4-7-10-13-16-19-22-25-27-29-30-32-34-37-40-43-46-49-54-55(50-47-44-41-38-35-24-21-18-15-12-9-6-3)52-53-56(54)51-48-45-42-39-36-33-31-28-26-23-20-17-14-11-8-5-2/h52-53H,4-51H2,1-3H3/q+1. The minimum absolute atomic E-state index is 1.23. The molecular weight excluding hydrogens is 677 g/mol. The molecule has 0 atom stereocenters. The molecule has 0 saturated heterocycles. The Hall–Kier alpha value is -0.790. The monoisotopic (exact) mass is 784 g/mol. The number of imidazole rings is 1. The van der Waals surface area contributed by atoms with Crippen molar-refractivity contribution in [3.63, 3.8) is 0 Å². The first-order valence-electron chi connectivity index (χ1n) is 26.9. The molecule has 0 aromatic carbocycles. The van der Waals surface area contributed by atoms with Crippen molar-refractivity contribution in [2.24, 2.45) is 0 Å². The molecule has 0 N–H and O–H groups in total. The summed E-state index contributed by atoms with van der Waals surface area (Å²) < 4.78 is 5.33. The largest absolute Gasteiger partial charge is 0.256 e. The van der Waals surface area contributed by atoms with Gasteiger partial charge in [-0.15, -0.1) is 0 Å². The topological polar surface area (TPSA) is 8.81 Å². The number of unbranched alkanes of at least 4 members (excludes halogenated alkanes) is 42. The highest BCUT2D eigenvalue weighted by molar-refractivity contribution is 4.84. The van der Waals surface area contributed by atoms with E-state index in [1.807, 2.05) is 0 Å². The van der Waals surface area contributed by atoms with Gasteiger partial charge in [-0.2, -0.15) is 0 Å². The molecule has 2 heteroatoms. The van der Waals surface area contributed by atoms with Gasteiger partial charge in [0.25, 0.3) is 5.82 Å². The Morgan fingerprint density at radius 1 is 0.304 bits per heavy atom. The normalized spacial score (nSPS) is 11.7. The zero-order chi connectivity index (χ0) is 40.1. The van der Waals surface area contributed by atoms with E-state index >= 15 is 0 Å². The summed E-state index contributed by atoms with van der Waals surface area (Å²) in [7, 11) is 0. The van der Waals surface area contributed by atoms with Gasteiger partial charge in [-0.3, -0.25) is 0 Å². The highest BCUT2D eigenvalue weighted by atomic mass is 15.1. The zero-order valence-electron chi connectivity index (χ0n) is 39.5. The SMILES string of the molecule is CCCCCCCCCCCCCCCCCCCc1n(CCCCCCCCCCCCCC)cc[n+]1CCCCCCCCCCCCCCCCCC. The molecule has 0 aliphatic carbocycles. The second-order valence-electron chi connectivity index (χ2n) is 18.7. The van der Waals surface area contributed by atoms with Crippen LogP contribution < -0.4 is 4.57 Å². The smallest absolute Gasteiger partial charge is 0.234 e. The number of hydrogen-bond donors (Lipinski definition) is 0. The fourth-order valence-corrected chi connectivity index (χ4v) is 9.15. The van der Waals surface area contributed by atoms with Crippen molar-refractivity contribution in [1.29, 1.82) is 0 Å². The van der Waals surface area contributed by atoms with Crippen molar-refractivity contribution in [3.05, 3.63) is 18.2 Å². The van der Waals surface area contributed by atoms with E-state index in [2.05, 4.69) is 42.3 Å².